The van der Waals surface area contributed by atoms with Gasteiger partial charge in [0.1, 0.15) is 5.75 Å². The van der Waals surface area contributed by atoms with Gasteiger partial charge in [0.2, 0.25) is 0 Å². The van der Waals surface area contributed by atoms with E-state index in [1.807, 2.05) is 19.1 Å². The molecule has 106 valence electrons. The van der Waals surface area contributed by atoms with Gasteiger partial charge >= 0.3 is 5.97 Å². The molecule has 0 aliphatic carbocycles. The fourth-order valence-electron chi connectivity index (χ4n) is 1.71. The largest absolute Gasteiger partial charge is 0.423 e. The van der Waals surface area contributed by atoms with Crippen molar-refractivity contribution in [1.82, 2.24) is 0 Å². The van der Waals surface area contributed by atoms with Crippen molar-refractivity contribution in [3.8, 4) is 5.75 Å². The van der Waals surface area contributed by atoms with Crippen LogP contribution in [0, 0.1) is 17.0 Å². The van der Waals surface area contributed by atoms with E-state index in [-0.39, 0.29) is 5.69 Å². The van der Waals surface area contributed by atoms with E-state index in [1.54, 1.807) is 30.3 Å². The molecule has 0 saturated carbocycles. The van der Waals surface area contributed by atoms with Gasteiger partial charge in [-0.25, -0.2) is 4.79 Å². The Bertz CT molecular complexity index is 690. The molecule has 5 nitrogen and oxygen atoms in total. The van der Waals surface area contributed by atoms with E-state index in [9.17, 15) is 14.9 Å². The molecule has 0 aliphatic heterocycles. The molecule has 0 bridgehead atoms. The molecule has 0 fully saturated rings. The number of hydrogen-bond donors (Lipinski definition) is 0. The smallest absolute Gasteiger partial charge is 0.336 e. The normalized spacial score (nSPS) is 10.5. The quantitative estimate of drug-likeness (QED) is 0.283. The highest BCUT2D eigenvalue weighted by atomic mass is 16.6. The van der Waals surface area contributed by atoms with Crippen LogP contribution in [0.15, 0.2) is 54.6 Å². The van der Waals surface area contributed by atoms with Crippen molar-refractivity contribution in [2.75, 3.05) is 0 Å². The van der Waals surface area contributed by atoms with Crippen molar-refractivity contribution in [3.63, 3.8) is 0 Å². The first-order valence-corrected chi connectivity index (χ1v) is 6.26. The van der Waals surface area contributed by atoms with Crippen LogP contribution in [0.2, 0.25) is 0 Å². The summed E-state index contributed by atoms with van der Waals surface area (Å²) in [5.41, 5.74) is 1.35. The molecular weight excluding hydrogens is 270 g/mol. The van der Waals surface area contributed by atoms with Gasteiger partial charge in [0.15, 0.2) is 0 Å². The standard InChI is InChI=1S/C16H13NO4/c1-12-6-9-14(10-7-12)21-16(18)11-8-13-4-2-3-5-15(13)17(19)20/h2-11H,1H3/b11-8+. The van der Waals surface area contributed by atoms with Gasteiger partial charge in [-0.2, -0.15) is 0 Å². The summed E-state index contributed by atoms with van der Waals surface area (Å²) in [6.07, 6.45) is 2.54. The Kier molecular flexibility index (Phi) is 4.46. The molecule has 2 aromatic rings. The molecule has 0 atom stereocenters. The molecule has 2 aromatic carbocycles. The van der Waals surface area contributed by atoms with Crippen LogP contribution in [0.25, 0.3) is 6.08 Å². The lowest BCUT2D eigenvalue weighted by Gasteiger charge is -2.01. The van der Waals surface area contributed by atoms with Gasteiger partial charge in [0, 0.05) is 12.1 Å². The monoisotopic (exact) mass is 283 g/mol. The molecule has 0 amide bonds. The number of benzene rings is 2. The summed E-state index contributed by atoms with van der Waals surface area (Å²) in [5.74, 6) is -0.158. The van der Waals surface area contributed by atoms with E-state index in [4.69, 9.17) is 4.74 Å². The second-order valence-electron chi connectivity index (χ2n) is 4.38. The molecule has 0 N–H and O–H groups in total. The number of para-hydroxylation sites is 1. The highest BCUT2D eigenvalue weighted by molar-refractivity contribution is 5.89. The summed E-state index contributed by atoms with van der Waals surface area (Å²) in [6, 6.07) is 13.2. The third-order valence-corrected chi connectivity index (χ3v) is 2.77. The van der Waals surface area contributed by atoms with Crippen molar-refractivity contribution in [2.45, 2.75) is 6.92 Å². The molecule has 2 rings (SSSR count). The molecule has 0 aromatic heterocycles. The lowest BCUT2D eigenvalue weighted by Crippen LogP contribution is -2.03. The zero-order valence-corrected chi connectivity index (χ0v) is 11.4. The molecule has 0 aliphatic rings. The predicted molar refractivity (Wildman–Crippen MR) is 78.9 cm³/mol. The molecule has 0 saturated heterocycles. The van der Waals surface area contributed by atoms with Crippen molar-refractivity contribution >= 4 is 17.7 Å². The second kappa shape index (κ2) is 6.47. The number of carbonyl (C=O) groups excluding carboxylic acids is 1. The fraction of sp³-hybridized carbons (Fsp3) is 0.0625. The van der Waals surface area contributed by atoms with Crippen molar-refractivity contribution < 1.29 is 14.5 Å². The SMILES string of the molecule is Cc1ccc(OC(=O)/C=C/c2ccccc2[N+](=O)[O-])cc1. The van der Waals surface area contributed by atoms with Crippen LogP contribution in [0.1, 0.15) is 11.1 Å². The summed E-state index contributed by atoms with van der Waals surface area (Å²) in [4.78, 5) is 22.0. The van der Waals surface area contributed by atoms with Gasteiger partial charge in [-0.15, -0.1) is 0 Å². The number of rotatable bonds is 4. The number of carbonyl (C=O) groups is 1. The molecular formula is C16H13NO4. The summed E-state index contributed by atoms with van der Waals surface area (Å²) in [5, 5.41) is 10.8. The Labute approximate surface area is 121 Å². The van der Waals surface area contributed by atoms with Crippen molar-refractivity contribution in [3.05, 3.63) is 75.8 Å². The van der Waals surface area contributed by atoms with Crippen LogP contribution in [0.3, 0.4) is 0 Å². The lowest BCUT2D eigenvalue weighted by molar-refractivity contribution is -0.385. The minimum atomic E-state index is -0.586. The minimum absolute atomic E-state index is 0.0584. The van der Waals surface area contributed by atoms with Crippen molar-refractivity contribution in [1.29, 1.82) is 0 Å². The van der Waals surface area contributed by atoms with Crippen LogP contribution in [0.5, 0.6) is 5.75 Å². The van der Waals surface area contributed by atoms with Gasteiger partial charge in [0.25, 0.3) is 5.69 Å². The Balaban J connectivity index is 2.09. The Morgan fingerprint density at radius 1 is 1.14 bits per heavy atom. The van der Waals surface area contributed by atoms with Crippen LogP contribution < -0.4 is 4.74 Å². The van der Waals surface area contributed by atoms with E-state index < -0.39 is 10.9 Å². The molecule has 5 heteroatoms. The molecule has 0 spiro atoms. The number of nitrogens with zero attached hydrogens (tertiary/aromatic N) is 1. The first-order valence-electron chi connectivity index (χ1n) is 6.26. The molecule has 0 radical (unpaired) electrons. The lowest BCUT2D eigenvalue weighted by atomic mass is 10.1. The predicted octanol–water partition coefficient (Wildman–Crippen LogP) is 3.52. The number of hydrogen-bond acceptors (Lipinski definition) is 4. The number of esters is 1. The summed E-state index contributed by atoms with van der Waals surface area (Å²) in [6.45, 7) is 1.93. The summed E-state index contributed by atoms with van der Waals surface area (Å²) in [7, 11) is 0. The van der Waals surface area contributed by atoms with Crippen LogP contribution >= 0.6 is 0 Å². The Morgan fingerprint density at radius 3 is 2.48 bits per heavy atom. The van der Waals surface area contributed by atoms with E-state index >= 15 is 0 Å². The van der Waals surface area contributed by atoms with Crippen LogP contribution in [-0.4, -0.2) is 10.9 Å². The highest BCUT2D eigenvalue weighted by Crippen LogP contribution is 2.19. The van der Waals surface area contributed by atoms with Gasteiger partial charge in [0.05, 0.1) is 10.5 Å². The number of nitro benzene ring substituents is 1. The average Bonchev–Trinajstić information content (AvgIpc) is 2.48. The van der Waals surface area contributed by atoms with Crippen LogP contribution in [-0.2, 0) is 4.79 Å². The van der Waals surface area contributed by atoms with Gasteiger partial charge in [-0.3, -0.25) is 10.1 Å². The van der Waals surface area contributed by atoms with E-state index in [1.165, 1.54) is 18.2 Å². The van der Waals surface area contributed by atoms with E-state index in [0.717, 1.165) is 5.56 Å². The number of aryl methyl sites for hydroxylation is 1. The summed E-state index contributed by atoms with van der Waals surface area (Å²) < 4.78 is 5.10. The van der Waals surface area contributed by atoms with Crippen LogP contribution in [0.4, 0.5) is 5.69 Å². The maximum absolute atomic E-state index is 11.7. The molecule has 0 heterocycles. The third kappa shape index (κ3) is 4.01. The second-order valence-corrected chi connectivity index (χ2v) is 4.38. The van der Waals surface area contributed by atoms with Gasteiger partial charge in [-0.1, -0.05) is 29.8 Å². The average molecular weight is 283 g/mol. The highest BCUT2D eigenvalue weighted by Gasteiger charge is 2.10. The first kappa shape index (κ1) is 14.5. The third-order valence-electron chi connectivity index (χ3n) is 2.77. The van der Waals surface area contributed by atoms with E-state index in [2.05, 4.69) is 0 Å². The Hall–Kier alpha value is -2.95. The number of nitro groups is 1. The van der Waals surface area contributed by atoms with Gasteiger partial charge in [-0.05, 0) is 31.2 Å². The van der Waals surface area contributed by atoms with Gasteiger partial charge < -0.3 is 4.74 Å². The maximum atomic E-state index is 11.7. The number of ether oxygens (including phenoxy) is 1. The first-order chi connectivity index (χ1) is 10.1. The molecule has 21 heavy (non-hydrogen) atoms. The maximum Gasteiger partial charge on any atom is 0.336 e. The molecule has 0 unspecified atom stereocenters. The Morgan fingerprint density at radius 2 is 1.81 bits per heavy atom. The van der Waals surface area contributed by atoms with E-state index in [0.29, 0.717) is 11.3 Å². The fourth-order valence-corrected chi connectivity index (χ4v) is 1.71. The zero-order chi connectivity index (χ0) is 15.2. The summed E-state index contributed by atoms with van der Waals surface area (Å²) >= 11 is 0. The zero-order valence-electron chi connectivity index (χ0n) is 11.4. The van der Waals surface area contributed by atoms with Crippen molar-refractivity contribution in [2.24, 2.45) is 0 Å². The minimum Gasteiger partial charge on any atom is -0.423 e. The topological polar surface area (TPSA) is 69.4 Å².